The number of ketones is 1. The first-order valence-electron chi connectivity index (χ1n) is 9.42. The van der Waals surface area contributed by atoms with Crippen LogP contribution >= 0.6 is 0 Å². The molecule has 5 N–H and O–H groups in total. The lowest BCUT2D eigenvalue weighted by Crippen LogP contribution is -2.39. The van der Waals surface area contributed by atoms with Crippen LogP contribution in [0.5, 0.6) is 0 Å². The van der Waals surface area contributed by atoms with Crippen molar-refractivity contribution in [3.05, 3.63) is 65.5 Å². The zero-order valence-corrected chi connectivity index (χ0v) is 15.4. The van der Waals surface area contributed by atoms with Gasteiger partial charge in [-0.1, -0.05) is 36.4 Å². The van der Waals surface area contributed by atoms with Gasteiger partial charge in [-0.3, -0.25) is 9.59 Å². The number of amides is 1. The standard InChI is InChI=1S/C21H23N5O2/c22-11-19(27)24-15-10-18(23-12-15)20(28)21-25-16-7-6-14(9-17(16)26-21)8-13-4-2-1-3-5-13/h1-7,9,15,18,23H,8,10-12,22H2,(H,24,27)(H,25,26)/t15-,18-/m1/s1. The van der Waals surface area contributed by atoms with Gasteiger partial charge in [-0.15, -0.1) is 0 Å². The number of aromatic nitrogens is 2. The van der Waals surface area contributed by atoms with Gasteiger partial charge < -0.3 is 21.4 Å². The highest BCUT2D eigenvalue weighted by atomic mass is 16.2. The summed E-state index contributed by atoms with van der Waals surface area (Å²) in [6.45, 7) is 0.494. The number of carbonyl (C=O) groups excluding carboxylic acids is 2. The van der Waals surface area contributed by atoms with E-state index in [1.807, 2.05) is 36.4 Å². The average molecular weight is 377 g/mol. The number of hydrogen-bond acceptors (Lipinski definition) is 5. The third-order valence-electron chi connectivity index (χ3n) is 5.03. The Hall–Kier alpha value is -3.03. The first-order chi connectivity index (χ1) is 13.6. The molecule has 1 aliphatic heterocycles. The van der Waals surface area contributed by atoms with Crippen LogP contribution in [0.25, 0.3) is 11.0 Å². The highest BCUT2D eigenvalue weighted by Gasteiger charge is 2.32. The lowest BCUT2D eigenvalue weighted by Gasteiger charge is -2.10. The van der Waals surface area contributed by atoms with Gasteiger partial charge in [-0.05, 0) is 36.1 Å². The summed E-state index contributed by atoms with van der Waals surface area (Å²) in [6.07, 6.45) is 1.35. The SMILES string of the molecule is NCC(=O)N[C@H]1CN[C@@H](C(=O)c2nc3cc(Cc4ccccc4)ccc3[nH]2)C1. The van der Waals surface area contributed by atoms with E-state index in [1.54, 1.807) is 0 Å². The minimum Gasteiger partial charge on any atom is -0.351 e. The van der Waals surface area contributed by atoms with Crippen LogP contribution < -0.4 is 16.4 Å². The first-order valence-corrected chi connectivity index (χ1v) is 9.42. The second kappa shape index (κ2) is 7.92. The lowest BCUT2D eigenvalue weighted by atomic mass is 10.0. The summed E-state index contributed by atoms with van der Waals surface area (Å²) in [5.74, 6) is 0.0371. The van der Waals surface area contributed by atoms with Crippen molar-refractivity contribution < 1.29 is 9.59 Å². The van der Waals surface area contributed by atoms with Crippen molar-refractivity contribution >= 4 is 22.7 Å². The van der Waals surface area contributed by atoms with Gasteiger partial charge in [0.25, 0.3) is 0 Å². The molecule has 3 aromatic rings. The summed E-state index contributed by atoms with van der Waals surface area (Å²) in [5.41, 5.74) is 9.32. The van der Waals surface area contributed by atoms with Gasteiger partial charge in [0.15, 0.2) is 5.82 Å². The van der Waals surface area contributed by atoms with Gasteiger partial charge in [0.1, 0.15) is 0 Å². The topological polar surface area (TPSA) is 113 Å². The van der Waals surface area contributed by atoms with E-state index in [2.05, 4.69) is 32.7 Å². The fourth-order valence-electron chi connectivity index (χ4n) is 3.61. The molecule has 1 fully saturated rings. The van der Waals surface area contributed by atoms with Crippen LogP contribution in [-0.4, -0.2) is 46.8 Å². The van der Waals surface area contributed by atoms with Crippen molar-refractivity contribution in [1.82, 2.24) is 20.6 Å². The van der Waals surface area contributed by atoms with E-state index in [4.69, 9.17) is 5.73 Å². The molecule has 0 unspecified atom stereocenters. The summed E-state index contributed by atoms with van der Waals surface area (Å²) in [7, 11) is 0. The monoisotopic (exact) mass is 377 g/mol. The summed E-state index contributed by atoms with van der Waals surface area (Å²) < 4.78 is 0. The van der Waals surface area contributed by atoms with E-state index in [0.717, 1.165) is 23.0 Å². The zero-order chi connectivity index (χ0) is 19.5. The number of nitrogens with one attached hydrogen (secondary N) is 3. The molecule has 2 heterocycles. The quantitative estimate of drug-likeness (QED) is 0.481. The molecule has 0 bridgehead atoms. The fourth-order valence-corrected chi connectivity index (χ4v) is 3.61. The molecule has 0 radical (unpaired) electrons. The second-order valence-corrected chi connectivity index (χ2v) is 7.13. The largest absolute Gasteiger partial charge is 0.351 e. The van der Waals surface area contributed by atoms with Crippen LogP contribution in [0.2, 0.25) is 0 Å². The molecule has 4 rings (SSSR count). The molecule has 1 aromatic heterocycles. The molecule has 7 heteroatoms. The maximum atomic E-state index is 12.8. The smallest absolute Gasteiger partial charge is 0.233 e. The number of nitrogens with zero attached hydrogens (tertiary/aromatic N) is 1. The van der Waals surface area contributed by atoms with E-state index in [1.165, 1.54) is 5.56 Å². The molecular formula is C21H23N5O2. The van der Waals surface area contributed by atoms with Gasteiger partial charge >= 0.3 is 0 Å². The average Bonchev–Trinajstić information content (AvgIpc) is 3.34. The van der Waals surface area contributed by atoms with Crippen LogP contribution in [0.4, 0.5) is 0 Å². The van der Waals surface area contributed by atoms with E-state index < -0.39 is 0 Å². The van der Waals surface area contributed by atoms with Crippen molar-refractivity contribution in [3.8, 4) is 0 Å². The number of H-pyrrole nitrogens is 1. The Bertz CT molecular complexity index is 998. The van der Waals surface area contributed by atoms with Gasteiger partial charge in [0, 0.05) is 12.6 Å². The molecule has 0 aliphatic carbocycles. The Morgan fingerprint density at radius 2 is 1.96 bits per heavy atom. The molecule has 1 saturated heterocycles. The normalized spacial score (nSPS) is 19.0. The van der Waals surface area contributed by atoms with Crippen LogP contribution in [0.3, 0.4) is 0 Å². The van der Waals surface area contributed by atoms with E-state index in [9.17, 15) is 9.59 Å². The van der Waals surface area contributed by atoms with Gasteiger partial charge in [-0.25, -0.2) is 4.98 Å². The maximum Gasteiger partial charge on any atom is 0.233 e. The van der Waals surface area contributed by atoms with Crippen molar-refractivity contribution in [2.75, 3.05) is 13.1 Å². The van der Waals surface area contributed by atoms with Crippen molar-refractivity contribution in [2.24, 2.45) is 5.73 Å². The number of fused-ring (bicyclic) bond motifs is 1. The third kappa shape index (κ3) is 3.95. The van der Waals surface area contributed by atoms with E-state index in [-0.39, 0.29) is 30.3 Å². The number of benzene rings is 2. The first kappa shape index (κ1) is 18.3. The fraction of sp³-hybridized carbons (Fsp3) is 0.286. The van der Waals surface area contributed by atoms with Crippen LogP contribution in [0.15, 0.2) is 48.5 Å². The number of nitrogens with two attached hydrogens (primary N) is 1. The summed E-state index contributed by atoms with van der Waals surface area (Å²) >= 11 is 0. The van der Waals surface area contributed by atoms with E-state index in [0.29, 0.717) is 18.8 Å². The molecule has 0 saturated carbocycles. The maximum absolute atomic E-state index is 12.8. The summed E-state index contributed by atoms with van der Waals surface area (Å²) in [5, 5.41) is 5.97. The molecular weight excluding hydrogens is 354 g/mol. The molecule has 2 atom stereocenters. The molecule has 2 aromatic carbocycles. The lowest BCUT2D eigenvalue weighted by molar-refractivity contribution is -0.120. The Balaban J connectivity index is 1.47. The number of hydrogen-bond donors (Lipinski definition) is 4. The summed E-state index contributed by atoms with van der Waals surface area (Å²) in [4.78, 5) is 31.9. The number of carbonyl (C=O) groups is 2. The highest BCUT2D eigenvalue weighted by Crippen LogP contribution is 2.19. The Morgan fingerprint density at radius 1 is 1.14 bits per heavy atom. The van der Waals surface area contributed by atoms with Gasteiger partial charge in [-0.2, -0.15) is 0 Å². The minimum atomic E-state index is -0.368. The predicted octanol–water partition coefficient (Wildman–Crippen LogP) is 1.14. The van der Waals surface area contributed by atoms with Gasteiger partial charge in [0.2, 0.25) is 11.7 Å². The summed E-state index contributed by atoms with van der Waals surface area (Å²) in [6, 6.07) is 15.8. The Labute approximate surface area is 162 Å². The molecule has 1 aliphatic rings. The predicted molar refractivity (Wildman–Crippen MR) is 107 cm³/mol. The molecule has 144 valence electrons. The second-order valence-electron chi connectivity index (χ2n) is 7.13. The molecule has 7 nitrogen and oxygen atoms in total. The van der Waals surface area contributed by atoms with Crippen molar-refractivity contribution in [2.45, 2.75) is 24.9 Å². The van der Waals surface area contributed by atoms with Crippen LogP contribution in [-0.2, 0) is 11.2 Å². The minimum absolute atomic E-state index is 0.0516. The number of imidazole rings is 1. The Morgan fingerprint density at radius 3 is 2.75 bits per heavy atom. The molecule has 1 amide bonds. The third-order valence-corrected chi connectivity index (χ3v) is 5.03. The number of rotatable bonds is 6. The van der Waals surface area contributed by atoms with Crippen molar-refractivity contribution in [3.63, 3.8) is 0 Å². The van der Waals surface area contributed by atoms with Gasteiger partial charge in [0.05, 0.1) is 23.6 Å². The number of Topliss-reactive ketones (excluding diaryl/α,β-unsaturated/α-hetero) is 1. The van der Waals surface area contributed by atoms with E-state index >= 15 is 0 Å². The zero-order valence-electron chi connectivity index (χ0n) is 15.4. The number of aromatic amines is 1. The Kier molecular flexibility index (Phi) is 5.18. The van der Waals surface area contributed by atoms with Crippen LogP contribution in [0, 0.1) is 0 Å². The molecule has 28 heavy (non-hydrogen) atoms. The highest BCUT2D eigenvalue weighted by molar-refractivity contribution is 5.99. The van der Waals surface area contributed by atoms with Crippen LogP contribution in [0.1, 0.15) is 28.2 Å². The van der Waals surface area contributed by atoms with Crippen molar-refractivity contribution in [1.29, 1.82) is 0 Å². The molecule has 0 spiro atoms.